The van der Waals surface area contributed by atoms with Gasteiger partial charge in [0.05, 0.1) is 0 Å². The van der Waals surface area contributed by atoms with Crippen LogP contribution < -0.4 is 4.90 Å². The van der Waals surface area contributed by atoms with Crippen molar-refractivity contribution in [1.82, 2.24) is 4.90 Å². The number of anilines is 1. The van der Waals surface area contributed by atoms with E-state index in [0.717, 1.165) is 50.1 Å². The summed E-state index contributed by atoms with van der Waals surface area (Å²) in [5.74, 6) is 2.53. The van der Waals surface area contributed by atoms with Gasteiger partial charge in [-0.3, -0.25) is 4.79 Å². The summed E-state index contributed by atoms with van der Waals surface area (Å²) < 4.78 is 13.0. The molecule has 124 valence electrons. The molecule has 2 bridgehead atoms. The number of piperazine rings is 1. The van der Waals surface area contributed by atoms with Crippen LogP contribution in [-0.2, 0) is 4.79 Å². The van der Waals surface area contributed by atoms with E-state index in [0.29, 0.717) is 11.8 Å². The second kappa shape index (κ2) is 6.14. The quantitative estimate of drug-likeness (QED) is 0.854. The van der Waals surface area contributed by atoms with Gasteiger partial charge in [0.1, 0.15) is 5.82 Å². The van der Waals surface area contributed by atoms with E-state index < -0.39 is 0 Å². The van der Waals surface area contributed by atoms with Crippen molar-refractivity contribution < 1.29 is 9.18 Å². The largest absolute Gasteiger partial charge is 0.368 e. The molecule has 0 radical (unpaired) electrons. The third-order valence-electron chi connectivity index (χ3n) is 6.15. The Bertz CT molecular complexity index is 565. The van der Waals surface area contributed by atoms with Crippen LogP contribution in [0.15, 0.2) is 24.3 Å². The number of rotatable bonds is 3. The Kier molecular flexibility index (Phi) is 4.00. The molecule has 1 saturated heterocycles. The van der Waals surface area contributed by atoms with E-state index in [4.69, 9.17) is 0 Å². The maximum Gasteiger partial charge on any atom is 0.222 e. The van der Waals surface area contributed by atoms with Gasteiger partial charge in [-0.05, 0) is 61.3 Å². The SMILES string of the molecule is O=C(CC1CC2CCC1C2)N1CCN(c2ccc(F)cc2)CC1. The predicted molar refractivity (Wildman–Crippen MR) is 88.7 cm³/mol. The molecule has 0 aromatic heterocycles. The number of hydrogen-bond acceptors (Lipinski definition) is 2. The fraction of sp³-hybridized carbons (Fsp3) is 0.632. The molecule has 1 aliphatic heterocycles. The Hall–Kier alpha value is -1.58. The van der Waals surface area contributed by atoms with Crippen molar-refractivity contribution >= 4 is 11.6 Å². The number of halogens is 1. The van der Waals surface area contributed by atoms with Gasteiger partial charge >= 0.3 is 0 Å². The first-order valence-corrected chi connectivity index (χ1v) is 8.97. The molecule has 23 heavy (non-hydrogen) atoms. The highest BCUT2D eigenvalue weighted by atomic mass is 19.1. The summed E-state index contributed by atoms with van der Waals surface area (Å²) in [6.45, 7) is 3.26. The Labute approximate surface area is 137 Å². The Morgan fingerprint density at radius 2 is 1.78 bits per heavy atom. The van der Waals surface area contributed by atoms with Gasteiger partial charge in [0.2, 0.25) is 5.91 Å². The summed E-state index contributed by atoms with van der Waals surface area (Å²) in [6, 6.07) is 6.65. The average molecular weight is 316 g/mol. The lowest BCUT2D eigenvalue weighted by atomic mass is 9.86. The molecular weight excluding hydrogens is 291 g/mol. The second-order valence-corrected chi connectivity index (χ2v) is 7.48. The molecule has 2 saturated carbocycles. The lowest BCUT2D eigenvalue weighted by Gasteiger charge is -2.37. The Morgan fingerprint density at radius 1 is 1.04 bits per heavy atom. The number of nitrogens with zero attached hydrogens (tertiary/aromatic N) is 2. The number of hydrogen-bond donors (Lipinski definition) is 0. The Balaban J connectivity index is 1.29. The number of fused-ring (bicyclic) bond motifs is 2. The van der Waals surface area contributed by atoms with E-state index >= 15 is 0 Å². The van der Waals surface area contributed by atoms with Gasteiger partial charge in [-0.1, -0.05) is 6.42 Å². The fourth-order valence-electron chi connectivity index (χ4n) is 4.85. The molecule has 1 aromatic carbocycles. The lowest BCUT2D eigenvalue weighted by Crippen LogP contribution is -2.49. The number of carbonyl (C=O) groups is 1. The molecule has 4 heteroatoms. The van der Waals surface area contributed by atoms with Crippen LogP contribution in [0.1, 0.15) is 32.1 Å². The van der Waals surface area contributed by atoms with Crippen LogP contribution in [0.25, 0.3) is 0 Å². The van der Waals surface area contributed by atoms with Crippen LogP contribution in [0.3, 0.4) is 0 Å². The summed E-state index contributed by atoms with van der Waals surface area (Å²) in [5.41, 5.74) is 1.05. The minimum atomic E-state index is -0.201. The van der Waals surface area contributed by atoms with Gasteiger partial charge < -0.3 is 9.80 Å². The predicted octanol–water partition coefficient (Wildman–Crippen LogP) is 3.30. The highest BCUT2D eigenvalue weighted by Gasteiger charge is 2.40. The number of carbonyl (C=O) groups excluding carboxylic acids is 1. The van der Waals surface area contributed by atoms with Gasteiger partial charge in [-0.25, -0.2) is 4.39 Å². The normalized spacial score (nSPS) is 30.0. The molecule has 0 spiro atoms. The Morgan fingerprint density at radius 3 is 2.39 bits per heavy atom. The van der Waals surface area contributed by atoms with E-state index in [9.17, 15) is 9.18 Å². The molecule has 2 aliphatic carbocycles. The van der Waals surface area contributed by atoms with E-state index in [-0.39, 0.29) is 5.82 Å². The van der Waals surface area contributed by atoms with Crippen LogP contribution in [0.5, 0.6) is 0 Å². The van der Waals surface area contributed by atoms with Crippen molar-refractivity contribution in [2.75, 3.05) is 31.1 Å². The molecule has 3 unspecified atom stereocenters. The highest BCUT2D eigenvalue weighted by Crippen LogP contribution is 2.49. The summed E-state index contributed by atoms with van der Waals surface area (Å²) in [5, 5.41) is 0. The van der Waals surface area contributed by atoms with E-state index in [2.05, 4.69) is 4.90 Å². The van der Waals surface area contributed by atoms with Crippen LogP contribution in [-0.4, -0.2) is 37.0 Å². The summed E-state index contributed by atoms with van der Waals surface area (Å²) in [6.07, 6.45) is 6.16. The minimum Gasteiger partial charge on any atom is -0.368 e. The third kappa shape index (κ3) is 3.08. The molecule has 1 amide bonds. The van der Waals surface area contributed by atoms with Crippen molar-refractivity contribution in [2.45, 2.75) is 32.1 Å². The number of amides is 1. The van der Waals surface area contributed by atoms with Crippen molar-refractivity contribution in [1.29, 1.82) is 0 Å². The zero-order chi connectivity index (χ0) is 15.8. The van der Waals surface area contributed by atoms with Crippen molar-refractivity contribution in [3.05, 3.63) is 30.1 Å². The van der Waals surface area contributed by atoms with Crippen LogP contribution >= 0.6 is 0 Å². The summed E-state index contributed by atoms with van der Waals surface area (Å²) in [4.78, 5) is 16.8. The van der Waals surface area contributed by atoms with Crippen molar-refractivity contribution in [3.63, 3.8) is 0 Å². The molecule has 3 aliphatic rings. The standard InChI is InChI=1S/C19H25FN2O/c20-17-3-5-18(6-4-17)21-7-9-22(10-8-21)19(23)13-16-12-14-1-2-15(16)11-14/h3-6,14-16H,1-2,7-13H2. The van der Waals surface area contributed by atoms with E-state index in [1.807, 2.05) is 17.0 Å². The molecule has 1 aromatic rings. The van der Waals surface area contributed by atoms with Gasteiger partial charge in [0, 0.05) is 38.3 Å². The van der Waals surface area contributed by atoms with Crippen LogP contribution in [0.4, 0.5) is 10.1 Å². The zero-order valence-electron chi connectivity index (χ0n) is 13.6. The first-order chi connectivity index (χ1) is 11.2. The molecule has 4 rings (SSSR count). The molecule has 1 heterocycles. The van der Waals surface area contributed by atoms with Gasteiger partial charge in [0.15, 0.2) is 0 Å². The lowest BCUT2D eigenvalue weighted by molar-refractivity contribution is -0.132. The highest BCUT2D eigenvalue weighted by molar-refractivity contribution is 5.77. The fourth-order valence-corrected chi connectivity index (χ4v) is 4.85. The van der Waals surface area contributed by atoms with Crippen LogP contribution in [0.2, 0.25) is 0 Å². The molecule has 0 N–H and O–H groups in total. The first-order valence-electron chi connectivity index (χ1n) is 8.97. The van der Waals surface area contributed by atoms with Crippen molar-refractivity contribution in [2.24, 2.45) is 17.8 Å². The van der Waals surface area contributed by atoms with Gasteiger partial charge in [0.25, 0.3) is 0 Å². The van der Waals surface area contributed by atoms with Gasteiger partial charge in [-0.2, -0.15) is 0 Å². The van der Waals surface area contributed by atoms with Crippen molar-refractivity contribution in [3.8, 4) is 0 Å². The maximum absolute atomic E-state index is 13.0. The average Bonchev–Trinajstić information content (AvgIpc) is 3.18. The molecule has 3 fully saturated rings. The zero-order valence-corrected chi connectivity index (χ0v) is 13.6. The van der Waals surface area contributed by atoms with E-state index in [1.54, 1.807) is 0 Å². The topological polar surface area (TPSA) is 23.6 Å². The number of benzene rings is 1. The van der Waals surface area contributed by atoms with E-state index in [1.165, 1.54) is 37.8 Å². The van der Waals surface area contributed by atoms with Gasteiger partial charge in [-0.15, -0.1) is 0 Å². The second-order valence-electron chi connectivity index (χ2n) is 7.48. The molecule has 3 nitrogen and oxygen atoms in total. The van der Waals surface area contributed by atoms with Crippen LogP contribution in [0, 0.1) is 23.6 Å². The first kappa shape index (κ1) is 15.0. The summed E-state index contributed by atoms with van der Waals surface area (Å²) >= 11 is 0. The molecular formula is C19H25FN2O. The maximum atomic E-state index is 13.0. The monoisotopic (exact) mass is 316 g/mol. The smallest absolute Gasteiger partial charge is 0.222 e. The molecule has 3 atom stereocenters. The minimum absolute atomic E-state index is 0.201. The summed E-state index contributed by atoms with van der Waals surface area (Å²) in [7, 11) is 0. The third-order valence-corrected chi connectivity index (χ3v) is 6.15.